The zero-order chi connectivity index (χ0) is 20.7. The third kappa shape index (κ3) is 4.40. The molecule has 0 amide bonds. The monoisotopic (exact) mass is 384 g/mol. The Balaban J connectivity index is 2.57. The predicted octanol–water partition coefficient (Wildman–Crippen LogP) is 4.06. The molecule has 0 aliphatic carbocycles. The van der Waals surface area contributed by atoms with E-state index < -0.39 is 0 Å². The van der Waals surface area contributed by atoms with Crippen molar-refractivity contribution < 1.29 is 18.9 Å². The number of ether oxygens (including phenoxy) is 4. The van der Waals surface area contributed by atoms with E-state index >= 15 is 0 Å². The molecule has 3 N–H and O–H groups in total. The molecular formula is C22H28N2O4. The quantitative estimate of drug-likeness (QED) is 0.679. The van der Waals surface area contributed by atoms with Gasteiger partial charge in [-0.1, -0.05) is 18.7 Å². The van der Waals surface area contributed by atoms with Gasteiger partial charge in [0.15, 0.2) is 11.5 Å². The van der Waals surface area contributed by atoms with Crippen molar-refractivity contribution in [3.63, 3.8) is 0 Å². The molecule has 28 heavy (non-hydrogen) atoms. The molecule has 6 nitrogen and oxygen atoms in total. The lowest BCUT2D eigenvalue weighted by Crippen LogP contribution is -2.10. The highest BCUT2D eigenvalue weighted by molar-refractivity contribution is 5.84. The van der Waals surface area contributed by atoms with E-state index in [1.165, 1.54) is 0 Å². The fourth-order valence-corrected chi connectivity index (χ4v) is 2.95. The lowest BCUT2D eigenvalue weighted by Gasteiger charge is -2.18. The summed E-state index contributed by atoms with van der Waals surface area (Å²) in [4.78, 5) is 0. The van der Waals surface area contributed by atoms with Gasteiger partial charge in [-0.05, 0) is 47.9 Å². The van der Waals surface area contributed by atoms with Crippen LogP contribution in [0.1, 0.15) is 18.1 Å². The standard InChI is InChI=1S/C22H28N2O4/c1-7-17(16-11-20(26-4)22(28-6)21(12-16)27-5)15-8-9-19(25-3)18(10-15)24-14(2)13-23/h7-12,24H,2,13,23H2,1,3-6H3. The number of benzene rings is 2. The zero-order valence-electron chi connectivity index (χ0n) is 17.1. The van der Waals surface area contributed by atoms with Crippen molar-refractivity contribution in [2.45, 2.75) is 6.92 Å². The van der Waals surface area contributed by atoms with Crippen molar-refractivity contribution in [2.24, 2.45) is 5.73 Å². The van der Waals surface area contributed by atoms with Crippen LogP contribution in [-0.4, -0.2) is 35.0 Å². The van der Waals surface area contributed by atoms with Crippen LogP contribution in [0.25, 0.3) is 5.57 Å². The molecular weight excluding hydrogens is 356 g/mol. The van der Waals surface area contributed by atoms with E-state index in [-0.39, 0.29) is 0 Å². The van der Waals surface area contributed by atoms with Gasteiger partial charge in [0.05, 0.1) is 34.1 Å². The van der Waals surface area contributed by atoms with Crippen molar-refractivity contribution in [1.82, 2.24) is 0 Å². The Labute approximate surface area is 166 Å². The first kappa shape index (κ1) is 21.2. The Morgan fingerprint density at radius 3 is 2.00 bits per heavy atom. The van der Waals surface area contributed by atoms with Crippen LogP contribution in [0.3, 0.4) is 0 Å². The number of nitrogens with one attached hydrogen (secondary N) is 1. The fourth-order valence-electron chi connectivity index (χ4n) is 2.95. The number of anilines is 1. The highest BCUT2D eigenvalue weighted by Gasteiger charge is 2.17. The molecule has 0 aromatic heterocycles. The largest absolute Gasteiger partial charge is 0.495 e. The number of hydrogen-bond donors (Lipinski definition) is 2. The van der Waals surface area contributed by atoms with Gasteiger partial charge in [-0.15, -0.1) is 0 Å². The number of allylic oxidation sites excluding steroid dienone is 1. The van der Waals surface area contributed by atoms with E-state index in [9.17, 15) is 0 Å². The average Bonchev–Trinajstić information content (AvgIpc) is 2.73. The van der Waals surface area contributed by atoms with Gasteiger partial charge in [0.2, 0.25) is 5.75 Å². The Bertz CT molecular complexity index is 850. The summed E-state index contributed by atoms with van der Waals surface area (Å²) < 4.78 is 21.8. The number of nitrogens with two attached hydrogens (primary N) is 1. The van der Waals surface area contributed by atoms with Crippen molar-refractivity contribution in [2.75, 3.05) is 40.3 Å². The highest BCUT2D eigenvalue weighted by atomic mass is 16.5. The fraction of sp³-hybridized carbons (Fsp3) is 0.273. The van der Waals surface area contributed by atoms with Gasteiger partial charge < -0.3 is 30.0 Å². The summed E-state index contributed by atoms with van der Waals surface area (Å²) in [5.74, 6) is 2.46. The topological polar surface area (TPSA) is 75.0 Å². The van der Waals surface area contributed by atoms with Crippen LogP contribution in [0.15, 0.2) is 48.7 Å². The van der Waals surface area contributed by atoms with Crippen molar-refractivity contribution in [3.8, 4) is 23.0 Å². The molecule has 0 fully saturated rings. The van der Waals surface area contributed by atoms with E-state index in [0.717, 1.165) is 22.4 Å². The molecule has 0 spiro atoms. The molecule has 0 atom stereocenters. The van der Waals surface area contributed by atoms with Crippen LogP contribution < -0.4 is 30.0 Å². The van der Waals surface area contributed by atoms with Gasteiger partial charge in [0.1, 0.15) is 5.75 Å². The second-order valence-corrected chi connectivity index (χ2v) is 5.96. The first-order chi connectivity index (χ1) is 13.5. The van der Waals surface area contributed by atoms with Gasteiger partial charge in [0, 0.05) is 12.2 Å². The van der Waals surface area contributed by atoms with Crippen molar-refractivity contribution >= 4 is 11.3 Å². The molecule has 2 rings (SSSR count). The number of hydrogen-bond acceptors (Lipinski definition) is 6. The summed E-state index contributed by atoms with van der Waals surface area (Å²) in [6.45, 7) is 6.22. The molecule has 0 saturated heterocycles. The predicted molar refractivity (Wildman–Crippen MR) is 114 cm³/mol. The van der Waals surface area contributed by atoms with Crippen molar-refractivity contribution in [1.29, 1.82) is 0 Å². The van der Waals surface area contributed by atoms with E-state index in [1.807, 2.05) is 43.3 Å². The minimum atomic E-state index is 0.330. The summed E-state index contributed by atoms with van der Waals surface area (Å²) >= 11 is 0. The molecule has 0 saturated carbocycles. The normalized spacial score (nSPS) is 11.0. The van der Waals surface area contributed by atoms with E-state index in [2.05, 4.69) is 11.9 Å². The highest BCUT2D eigenvalue weighted by Crippen LogP contribution is 2.41. The minimum Gasteiger partial charge on any atom is -0.495 e. The third-order valence-electron chi connectivity index (χ3n) is 4.33. The van der Waals surface area contributed by atoms with Crippen LogP contribution in [0.4, 0.5) is 5.69 Å². The average molecular weight is 384 g/mol. The molecule has 0 bridgehead atoms. The lowest BCUT2D eigenvalue weighted by atomic mass is 9.96. The third-order valence-corrected chi connectivity index (χ3v) is 4.33. The van der Waals surface area contributed by atoms with Crippen LogP contribution in [-0.2, 0) is 0 Å². The summed E-state index contributed by atoms with van der Waals surface area (Å²) in [7, 11) is 6.41. The van der Waals surface area contributed by atoms with Crippen LogP contribution in [0, 0.1) is 0 Å². The van der Waals surface area contributed by atoms with E-state index in [1.54, 1.807) is 28.4 Å². The summed E-state index contributed by atoms with van der Waals surface area (Å²) in [6.07, 6.45) is 2.03. The van der Waals surface area contributed by atoms with Crippen LogP contribution >= 0.6 is 0 Å². The summed E-state index contributed by atoms with van der Waals surface area (Å²) in [5, 5.41) is 3.20. The molecule has 0 aliphatic rings. The Hall–Kier alpha value is -3.12. The smallest absolute Gasteiger partial charge is 0.203 e. The van der Waals surface area contributed by atoms with Gasteiger partial charge in [-0.25, -0.2) is 0 Å². The molecule has 0 aliphatic heterocycles. The first-order valence-electron chi connectivity index (χ1n) is 8.82. The molecule has 6 heteroatoms. The number of methoxy groups -OCH3 is 4. The first-order valence-corrected chi connectivity index (χ1v) is 8.82. The van der Waals surface area contributed by atoms with E-state index in [0.29, 0.717) is 35.2 Å². The Morgan fingerprint density at radius 1 is 0.929 bits per heavy atom. The maximum Gasteiger partial charge on any atom is 0.203 e. The van der Waals surface area contributed by atoms with Gasteiger partial charge in [-0.2, -0.15) is 0 Å². The minimum absolute atomic E-state index is 0.330. The lowest BCUT2D eigenvalue weighted by molar-refractivity contribution is 0.324. The van der Waals surface area contributed by atoms with Crippen LogP contribution in [0.5, 0.6) is 23.0 Å². The molecule has 0 radical (unpaired) electrons. The Kier molecular flexibility index (Phi) is 7.35. The Morgan fingerprint density at radius 2 is 1.54 bits per heavy atom. The molecule has 2 aromatic rings. The SMILES string of the molecule is C=C(CN)Nc1cc(C(=CC)c2cc(OC)c(OC)c(OC)c2)ccc1OC. The maximum atomic E-state index is 5.66. The van der Waals surface area contributed by atoms with Gasteiger partial charge in [-0.3, -0.25) is 0 Å². The molecule has 2 aromatic carbocycles. The van der Waals surface area contributed by atoms with Gasteiger partial charge >= 0.3 is 0 Å². The number of rotatable bonds is 9. The van der Waals surface area contributed by atoms with Crippen molar-refractivity contribution in [3.05, 3.63) is 59.8 Å². The molecule has 0 heterocycles. The second kappa shape index (κ2) is 9.71. The van der Waals surface area contributed by atoms with E-state index in [4.69, 9.17) is 24.7 Å². The van der Waals surface area contributed by atoms with Crippen LogP contribution in [0.2, 0.25) is 0 Å². The molecule has 150 valence electrons. The maximum absolute atomic E-state index is 5.66. The van der Waals surface area contributed by atoms with Gasteiger partial charge in [0.25, 0.3) is 0 Å². The summed E-state index contributed by atoms with van der Waals surface area (Å²) in [6, 6.07) is 9.74. The second-order valence-electron chi connectivity index (χ2n) is 5.96. The summed E-state index contributed by atoms with van der Waals surface area (Å²) in [5.41, 5.74) is 10.1. The zero-order valence-corrected chi connectivity index (χ0v) is 17.1. The molecule has 0 unspecified atom stereocenters.